The lowest BCUT2D eigenvalue weighted by atomic mass is 9.98. The highest BCUT2D eigenvalue weighted by Gasteiger charge is 2.40. The molecule has 6 heteroatoms. The van der Waals surface area contributed by atoms with Gasteiger partial charge in [0.05, 0.1) is 25.3 Å². The Kier molecular flexibility index (Phi) is 3.99. The molecule has 2 amide bonds. The molecule has 0 aromatic rings. The van der Waals surface area contributed by atoms with Crippen molar-refractivity contribution in [2.24, 2.45) is 0 Å². The predicted molar refractivity (Wildman–Crippen MR) is 63.7 cm³/mol. The fourth-order valence-corrected chi connectivity index (χ4v) is 2.16. The molecular formula is C12H20N2O4. The molecule has 2 aliphatic rings. The zero-order valence-corrected chi connectivity index (χ0v) is 10.9. The van der Waals surface area contributed by atoms with E-state index in [-0.39, 0.29) is 24.6 Å². The summed E-state index contributed by atoms with van der Waals surface area (Å²) in [6, 6.07) is 0. The van der Waals surface area contributed by atoms with E-state index >= 15 is 0 Å². The first-order chi connectivity index (χ1) is 8.50. The summed E-state index contributed by atoms with van der Waals surface area (Å²) in [5, 5.41) is 2.36. The van der Waals surface area contributed by atoms with Crippen LogP contribution in [0.15, 0.2) is 0 Å². The smallest absolute Gasteiger partial charge is 0.246 e. The van der Waals surface area contributed by atoms with Crippen molar-refractivity contribution in [2.75, 3.05) is 26.3 Å². The second-order valence-electron chi connectivity index (χ2n) is 5.17. The molecule has 0 unspecified atom stereocenters. The van der Waals surface area contributed by atoms with Crippen LogP contribution in [-0.2, 0) is 19.1 Å². The first-order valence-electron chi connectivity index (χ1n) is 6.32. The van der Waals surface area contributed by atoms with E-state index in [1.54, 1.807) is 0 Å². The lowest BCUT2D eigenvalue weighted by Crippen LogP contribution is -2.64. The van der Waals surface area contributed by atoms with E-state index in [2.05, 4.69) is 5.32 Å². The molecule has 0 bridgehead atoms. The number of hydrogen-bond acceptors (Lipinski definition) is 5. The fraction of sp³-hybridized carbons (Fsp3) is 0.833. The van der Waals surface area contributed by atoms with Crippen LogP contribution in [0.25, 0.3) is 0 Å². The summed E-state index contributed by atoms with van der Waals surface area (Å²) in [4.78, 5) is 25.0. The number of amides is 2. The summed E-state index contributed by atoms with van der Waals surface area (Å²) in [7, 11) is 0. The first-order valence-corrected chi connectivity index (χ1v) is 6.32. The summed E-state index contributed by atoms with van der Waals surface area (Å²) in [6.07, 6.45) is 1.38. The Morgan fingerprint density at radius 2 is 2.00 bits per heavy atom. The predicted octanol–water partition coefficient (Wildman–Crippen LogP) is -0.123. The highest BCUT2D eigenvalue weighted by Crippen LogP contribution is 2.19. The molecule has 2 saturated heterocycles. The van der Waals surface area contributed by atoms with Gasteiger partial charge in [0.2, 0.25) is 11.8 Å². The summed E-state index contributed by atoms with van der Waals surface area (Å²) in [6.45, 7) is 5.91. The third-order valence-electron chi connectivity index (χ3n) is 3.46. The van der Waals surface area contributed by atoms with E-state index in [1.807, 2.05) is 18.7 Å². The Morgan fingerprint density at radius 3 is 2.67 bits per heavy atom. The van der Waals surface area contributed by atoms with Crippen LogP contribution >= 0.6 is 0 Å². The lowest BCUT2D eigenvalue weighted by molar-refractivity contribution is -0.185. The molecule has 0 aromatic heterocycles. The van der Waals surface area contributed by atoms with Gasteiger partial charge >= 0.3 is 0 Å². The summed E-state index contributed by atoms with van der Waals surface area (Å²) < 4.78 is 10.9. The number of carbonyl (C=O) groups excluding carboxylic acids is 2. The topological polar surface area (TPSA) is 67.9 Å². The molecule has 6 nitrogen and oxygen atoms in total. The number of imide groups is 1. The van der Waals surface area contributed by atoms with Crippen molar-refractivity contribution in [2.45, 2.75) is 38.5 Å². The van der Waals surface area contributed by atoms with Gasteiger partial charge in [0.1, 0.15) is 0 Å². The minimum Gasteiger partial charge on any atom is -0.353 e. The Hall–Kier alpha value is -0.980. The highest BCUT2D eigenvalue weighted by molar-refractivity contribution is 6.02. The van der Waals surface area contributed by atoms with Gasteiger partial charge in [-0.2, -0.15) is 0 Å². The molecule has 0 atom stereocenters. The summed E-state index contributed by atoms with van der Waals surface area (Å²) in [5.74, 6) is -0.492. The molecule has 0 spiro atoms. The quantitative estimate of drug-likeness (QED) is 0.713. The summed E-state index contributed by atoms with van der Waals surface area (Å²) in [5.41, 5.74) is -0.664. The lowest BCUT2D eigenvalue weighted by Gasteiger charge is -2.40. The normalized spacial score (nSPS) is 26.1. The van der Waals surface area contributed by atoms with Gasteiger partial charge in [0, 0.05) is 13.0 Å². The molecule has 2 fully saturated rings. The largest absolute Gasteiger partial charge is 0.353 e. The van der Waals surface area contributed by atoms with Gasteiger partial charge in [-0.05, 0) is 20.3 Å². The van der Waals surface area contributed by atoms with Crippen LogP contribution in [0.2, 0.25) is 0 Å². The molecule has 2 aliphatic heterocycles. The van der Waals surface area contributed by atoms with Gasteiger partial charge in [-0.3, -0.25) is 19.8 Å². The molecule has 0 saturated carbocycles. The molecule has 1 N–H and O–H groups in total. The van der Waals surface area contributed by atoms with Crippen molar-refractivity contribution < 1.29 is 19.1 Å². The molecule has 0 aliphatic carbocycles. The monoisotopic (exact) mass is 256 g/mol. The number of nitrogens with zero attached hydrogens (tertiary/aromatic N) is 1. The van der Waals surface area contributed by atoms with Crippen molar-refractivity contribution in [3.8, 4) is 0 Å². The van der Waals surface area contributed by atoms with Gasteiger partial charge < -0.3 is 9.47 Å². The van der Waals surface area contributed by atoms with Gasteiger partial charge in [0.25, 0.3) is 0 Å². The maximum atomic E-state index is 11.8. The van der Waals surface area contributed by atoms with Crippen molar-refractivity contribution >= 4 is 11.8 Å². The Morgan fingerprint density at radius 1 is 1.33 bits per heavy atom. The van der Waals surface area contributed by atoms with Crippen molar-refractivity contribution in [3.05, 3.63) is 0 Å². The number of rotatable bonds is 3. The maximum absolute atomic E-state index is 11.8. The number of hydrogen-bond donors (Lipinski definition) is 1. The van der Waals surface area contributed by atoms with E-state index in [1.165, 1.54) is 0 Å². The van der Waals surface area contributed by atoms with Crippen molar-refractivity contribution in [1.29, 1.82) is 0 Å². The van der Waals surface area contributed by atoms with E-state index < -0.39 is 5.54 Å². The number of piperazine rings is 1. The molecule has 2 heterocycles. The van der Waals surface area contributed by atoms with E-state index in [0.29, 0.717) is 26.2 Å². The molecular weight excluding hydrogens is 236 g/mol. The Labute approximate surface area is 107 Å². The third kappa shape index (κ3) is 2.88. The van der Waals surface area contributed by atoms with Crippen LogP contribution in [0, 0.1) is 0 Å². The molecule has 18 heavy (non-hydrogen) atoms. The Bertz CT molecular complexity index is 337. The van der Waals surface area contributed by atoms with Crippen molar-refractivity contribution in [1.82, 2.24) is 10.2 Å². The van der Waals surface area contributed by atoms with Crippen LogP contribution in [0.5, 0.6) is 0 Å². The maximum Gasteiger partial charge on any atom is 0.246 e. The van der Waals surface area contributed by atoms with Gasteiger partial charge in [0.15, 0.2) is 6.29 Å². The fourth-order valence-electron chi connectivity index (χ4n) is 2.16. The average Bonchev–Trinajstić information content (AvgIpc) is 2.34. The van der Waals surface area contributed by atoms with Crippen LogP contribution < -0.4 is 5.32 Å². The van der Waals surface area contributed by atoms with E-state index in [0.717, 1.165) is 6.42 Å². The molecule has 0 radical (unpaired) electrons. The zero-order valence-electron chi connectivity index (χ0n) is 10.9. The van der Waals surface area contributed by atoms with Gasteiger partial charge in [-0.25, -0.2) is 0 Å². The second-order valence-corrected chi connectivity index (χ2v) is 5.17. The van der Waals surface area contributed by atoms with E-state index in [9.17, 15) is 9.59 Å². The van der Waals surface area contributed by atoms with Crippen LogP contribution in [0.1, 0.15) is 26.7 Å². The Balaban J connectivity index is 1.89. The minimum absolute atomic E-state index is 0.213. The molecule has 0 aromatic carbocycles. The summed E-state index contributed by atoms with van der Waals surface area (Å²) >= 11 is 0. The zero-order chi connectivity index (χ0) is 13.2. The number of ether oxygens (including phenoxy) is 2. The standard InChI is InChI=1S/C12H20N2O4/c1-12(2)11(16)13-9(15)8-14(12)5-4-10-17-6-3-7-18-10/h10H,3-8H2,1-2H3,(H,13,15,16). The SMILES string of the molecule is CC1(C)C(=O)NC(=O)CN1CCC1OCCCO1. The van der Waals surface area contributed by atoms with Crippen LogP contribution in [-0.4, -0.2) is 54.8 Å². The van der Waals surface area contributed by atoms with Crippen LogP contribution in [0.4, 0.5) is 0 Å². The van der Waals surface area contributed by atoms with Gasteiger partial charge in [-0.1, -0.05) is 0 Å². The van der Waals surface area contributed by atoms with Crippen LogP contribution in [0.3, 0.4) is 0 Å². The highest BCUT2D eigenvalue weighted by atomic mass is 16.7. The van der Waals surface area contributed by atoms with E-state index in [4.69, 9.17) is 9.47 Å². The molecule has 2 rings (SSSR count). The van der Waals surface area contributed by atoms with Crippen molar-refractivity contribution in [3.63, 3.8) is 0 Å². The third-order valence-corrected chi connectivity index (χ3v) is 3.46. The minimum atomic E-state index is -0.664. The number of nitrogens with one attached hydrogen (secondary N) is 1. The molecule has 102 valence electrons. The number of carbonyl (C=O) groups is 2. The average molecular weight is 256 g/mol. The second kappa shape index (κ2) is 5.34. The first kappa shape index (κ1) is 13.5. The van der Waals surface area contributed by atoms with Gasteiger partial charge in [-0.15, -0.1) is 0 Å².